The number of rotatable bonds is 7. The largest absolute Gasteiger partial charge is 0.327 e. The Hall–Kier alpha value is 0.0600. The van der Waals surface area contributed by atoms with Crippen molar-refractivity contribution in [3.8, 4) is 0 Å². The highest BCUT2D eigenvalue weighted by atomic mass is 32.2. The topological polar surface area (TPSA) is 77.2 Å². The third kappa shape index (κ3) is 6.50. The van der Waals surface area contributed by atoms with Crippen molar-refractivity contribution in [1.29, 1.82) is 0 Å². The van der Waals surface area contributed by atoms with Crippen molar-refractivity contribution in [2.75, 3.05) is 23.0 Å². The van der Waals surface area contributed by atoms with Gasteiger partial charge in [0.25, 0.3) is 0 Å². The van der Waals surface area contributed by atoms with Crippen molar-refractivity contribution in [1.82, 2.24) is 0 Å². The number of hydrogen-bond acceptors (Lipinski definition) is 4. The molecule has 0 aliphatic heterocycles. The van der Waals surface area contributed by atoms with Crippen LogP contribution in [0, 0.1) is 0 Å². The lowest BCUT2D eigenvalue weighted by atomic mass is 10.3. The smallest absolute Gasteiger partial charge is 0.150 e. The normalized spacial score (nSPS) is 16.5. The SMILES string of the molecule is CCC(N)CS(=O)CCS(=O)(=O)CC. The van der Waals surface area contributed by atoms with E-state index < -0.39 is 20.6 Å². The van der Waals surface area contributed by atoms with E-state index in [0.717, 1.165) is 6.42 Å². The van der Waals surface area contributed by atoms with Gasteiger partial charge in [0.1, 0.15) is 0 Å². The molecule has 0 aromatic heterocycles. The highest BCUT2D eigenvalue weighted by molar-refractivity contribution is 7.93. The molecule has 0 aliphatic rings. The molecule has 2 N–H and O–H groups in total. The molecular weight excluding hydrogens is 222 g/mol. The molecule has 0 spiro atoms. The van der Waals surface area contributed by atoms with Gasteiger partial charge in [0.05, 0.1) is 5.75 Å². The molecule has 0 saturated heterocycles. The summed E-state index contributed by atoms with van der Waals surface area (Å²) in [5.41, 5.74) is 5.60. The maximum Gasteiger partial charge on any atom is 0.150 e. The fourth-order valence-corrected chi connectivity index (χ4v) is 3.73. The van der Waals surface area contributed by atoms with E-state index in [-0.39, 0.29) is 23.3 Å². The van der Waals surface area contributed by atoms with E-state index in [1.165, 1.54) is 0 Å². The maximum atomic E-state index is 11.3. The van der Waals surface area contributed by atoms with Gasteiger partial charge in [-0.2, -0.15) is 0 Å². The molecular formula is C8H19NO3S2. The van der Waals surface area contributed by atoms with Gasteiger partial charge < -0.3 is 5.73 Å². The Balaban J connectivity index is 3.86. The van der Waals surface area contributed by atoms with Crippen molar-refractivity contribution < 1.29 is 12.6 Å². The summed E-state index contributed by atoms with van der Waals surface area (Å²) in [6.07, 6.45) is 0.770. The molecule has 0 heterocycles. The summed E-state index contributed by atoms with van der Waals surface area (Å²) >= 11 is 0. The fourth-order valence-electron chi connectivity index (χ4n) is 0.804. The molecule has 2 atom stereocenters. The third-order valence-electron chi connectivity index (χ3n) is 1.99. The van der Waals surface area contributed by atoms with Gasteiger partial charge in [0.2, 0.25) is 0 Å². The molecule has 6 heteroatoms. The third-order valence-corrected chi connectivity index (χ3v) is 5.41. The van der Waals surface area contributed by atoms with Crippen LogP contribution in [0.1, 0.15) is 20.3 Å². The number of nitrogens with two attached hydrogens (primary N) is 1. The lowest BCUT2D eigenvalue weighted by molar-refractivity contribution is 0.598. The van der Waals surface area contributed by atoms with Crippen molar-refractivity contribution >= 4 is 20.6 Å². The molecule has 0 fully saturated rings. The molecule has 14 heavy (non-hydrogen) atoms. The summed E-state index contributed by atoms with van der Waals surface area (Å²) in [5, 5.41) is 0. The van der Waals surface area contributed by atoms with E-state index in [1.807, 2.05) is 6.92 Å². The Kier molecular flexibility index (Phi) is 6.55. The highest BCUT2D eigenvalue weighted by Crippen LogP contribution is 1.95. The minimum atomic E-state index is -2.99. The monoisotopic (exact) mass is 241 g/mol. The quantitative estimate of drug-likeness (QED) is 0.675. The average Bonchev–Trinajstić information content (AvgIpc) is 2.15. The van der Waals surface area contributed by atoms with E-state index in [1.54, 1.807) is 6.92 Å². The second-order valence-corrected chi connectivity index (χ2v) is 7.31. The molecule has 0 aliphatic carbocycles. The van der Waals surface area contributed by atoms with Crippen molar-refractivity contribution in [3.05, 3.63) is 0 Å². The van der Waals surface area contributed by atoms with Crippen LogP contribution in [0.2, 0.25) is 0 Å². The van der Waals surface area contributed by atoms with Gasteiger partial charge in [-0.3, -0.25) is 4.21 Å². The van der Waals surface area contributed by atoms with Crippen LogP contribution in [0.4, 0.5) is 0 Å². The predicted molar refractivity (Wildman–Crippen MR) is 60.5 cm³/mol. The van der Waals surface area contributed by atoms with Crippen molar-refractivity contribution in [2.24, 2.45) is 5.73 Å². The van der Waals surface area contributed by atoms with E-state index in [0.29, 0.717) is 5.75 Å². The second kappa shape index (κ2) is 6.53. The summed E-state index contributed by atoms with van der Waals surface area (Å²) in [7, 11) is -4.09. The first-order valence-corrected chi connectivity index (χ1v) is 8.03. The summed E-state index contributed by atoms with van der Waals surface area (Å²) in [6, 6.07) is -0.0832. The van der Waals surface area contributed by atoms with E-state index in [4.69, 9.17) is 5.73 Å². The molecule has 0 aromatic carbocycles. The standard InChI is InChI=1S/C8H19NO3S2/c1-3-8(9)7-13(10)5-6-14(11,12)4-2/h8H,3-7,9H2,1-2H3. The molecule has 0 bridgehead atoms. The van der Waals surface area contributed by atoms with E-state index in [9.17, 15) is 12.6 Å². The zero-order valence-corrected chi connectivity index (χ0v) is 10.4. The van der Waals surface area contributed by atoms with Crippen LogP contribution in [0.5, 0.6) is 0 Å². The minimum absolute atomic E-state index is 0.00649. The predicted octanol–water partition coefficient (Wildman–Crippen LogP) is -0.0929. The minimum Gasteiger partial charge on any atom is -0.327 e. The summed E-state index contributed by atoms with van der Waals surface area (Å²) in [6.45, 7) is 3.51. The summed E-state index contributed by atoms with van der Waals surface area (Å²) in [4.78, 5) is 0. The number of sulfone groups is 1. The molecule has 2 unspecified atom stereocenters. The van der Waals surface area contributed by atoms with Crippen LogP contribution in [-0.2, 0) is 20.6 Å². The van der Waals surface area contributed by atoms with Crippen LogP contribution in [0.3, 0.4) is 0 Å². The molecule has 0 saturated carbocycles. The Morgan fingerprint density at radius 1 is 1.36 bits per heavy atom. The number of hydrogen-bond donors (Lipinski definition) is 1. The zero-order valence-electron chi connectivity index (χ0n) is 8.73. The van der Waals surface area contributed by atoms with Gasteiger partial charge >= 0.3 is 0 Å². The molecule has 0 rings (SSSR count). The summed E-state index contributed by atoms with van der Waals surface area (Å²) < 4.78 is 33.5. The van der Waals surface area contributed by atoms with Crippen molar-refractivity contribution in [3.63, 3.8) is 0 Å². The van der Waals surface area contributed by atoms with Crippen LogP contribution in [0.15, 0.2) is 0 Å². The zero-order chi connectivity index (χ0) is 11.2. The average molecular weight is 241 g/mol. The van der Waals surface area contributed by atoms with E-state index in [2.05, 4.69) is 0 Å². The fraction of sp³-hybridized carbons (Fsp3) is 1.00. The first-order valence-electron chi connectivity index (χ1n) is 4.72. The molecule has 0 amide bonds. The van der Waals surface area contributed by atoms with Gasteiger partial charge in [-0.25, -0.2) is 8.42 Å². The Labute approximate surface area is 88.6 Å². The molecule has 86 valence electrons. The lowest BCUT2D eigenvalue weighted by Gasteiger charge is -2.07. The van der Waals surface area contributed by atoms with Crippen LogP contribution < -0.4 is 5.73 Å². The first-order chi connectivity index (χ1) is 6.41. The van der Waals surface area contributed by atoms with Gasteiger partial charge in [-0.1, -0.05) is 13.8 Å². The second-order valence-electron chi connectivity index (χ2n) is 3.22. The van der Waals surface area contributed by atoms with E-state index >= 15 is 0 Å². The van der Waals surface area contributed by atoms with Crippen LogP contribution in [0.25, 0.3) is 0 Å². The maximum absolute atomic E-state index is 11.3. The highest BCUT2D eigenvalue weighted by Gasteiger charge is 2.11. The summed E-state index contributed by atoms with van der Waals surface area (Å²) in [5.74, 6) is 0.732. The molecule has 0 radical (unpaired) electrons. The molecule has 0 aromatic rings. The Morgan fingerprint density at radius 2 is 1.93 bits per heavy atom. The van der Waals surface area contributed by atoms with Gasteiger partial charge in [-0.15, -0.1) is 0 Å². The van der Waals surface area contributed by atoms with Gasteiger partial charge in [0.15, 0.2) is 9.84 Å². The Bertz CT molecular complexity index is 274. The first kappa shape index (κ1) is 14.1. The van der Waals surface area contributed by atoms with Gasteiger partial charge in [0, 0.05) is 34.1 Å². The van der Waals surface area contributed by atoms with Crippen LogP contribution in [-0.4, -0.2) is 41.7 Å². The van der Waals surface area contributed by atoms with Gasteiger partial charge in [-0.05, 0) is 6.42 Å². The van der Waals surface area contributed by atoms with Crippen molar-refractivity contribution in [2.45, 2.75) is 26.3 Å². The molecule has 4 nitrogen and oxygen atoms in total. The Morgan fingerprint density at radius 3 is 2.36 bits per heavy atom. The van der Waals surface area contributed by atoms with Crippen LogP contribution >= 0.6 is 0 Å². The lowest BCUT2D eigenvalue weighted by Crippen LogP contribution is -2.28.